The second-order valence-electron chi connectivity index (χ2n) is 7.69. The summed E-state index contributed by atoms with van der Waals surface area (Å²) in [6.45, 7) is 10.3. The normalized spacial score (nSPS) is 28.4. The third kappa shape index (κ3) is 1.96. The Bertz CT molecular complexity index is 492. The predicted octanol–water partition coefficient (Wildman–Crippen LogP) is 3.95. The molecule has 0 spiro atoms. The highest BCUT2D eigenvalue weighted by Crippen LogP contribution is 2.70. The van der Waals surface area contributed by atoms with Crippen LogP contribution >= 0.6 is 0 Å². The van der Waals surface area contributed by atoms with E-state index in [1.807, 2.05) is 6.07 Å². The molecule has 0 amide bonds. The van der Waals surface area contributed by atoms with Gasteiger partial charge in [-0.2, -0.15) is 0 Å². The number of ether oxygens (including phenoxy) is 1. The summed E-state index contributed by atoms with van der Waals surface area (Å²) in [5.74, 6) is 2.25. The largest absolute Gasteiger partial charge is 0.493 e. The number of nitrogens with two attached hydrogens (primary N) is 1. The van der Waals surface area contributed by atoms with Crippen molar-refractivity contribution in [2.24, 2.45) is 22.5 Å². The van der Waals surface area contributed by atoms with Crippen molar-refractivity contribution in [3.05, 3.63) is 29.8 Å². The van der Waals surface area contributed by atoms with Crippen LogP contribution in [0, 0.1) is 16.7 Å². The maximum absolute atomic E-state index is 6.58. The van der Waals surface area contributed by atoms with Crippen LogP contribution in [0.5, 0.6) is 5.75 Å². The van der Waals surface area contributed by atoms with Crippen molar-refractivity contribution in [3.63, 3.8) is 0 Å². The fourth-order valence-electron chi connectivity index (χ4n) is 4.44. The molecule has 0 saturated heterocycles. The fraction of sp³-hybridized carbons (Fsp3) is 0.667. The first-order chi connectivity index (χ1) is 9.35. The lowest BCUT2D eigenvalue weighted by Gasteiger charge is -2.28. The zero-order valence-corrected chi connectivity index (χ0v) is 13.1. The third-order valence-corrected chi connectivity index (χ3v) is 6.20. The Morgan fingerprint density at radius 1 is 1.20 bits per heavy atom. The number of hydrogen-bond acceptors (Lipinski definition) is 2. The molecule has 1 aromatic carbocycles. The topological polar surface area (TPSA) is 35.2 Å². The van der Waals surface area contributed by atoms with E-state index in [2.05, 4.69) is 45.9 Å². The smallest absolute Gasteiger partial charge is 0.122 e. The van der Waals surface area contributed by atoms with E-state index in [9.17, 15) is 0 Å². The predicted molar refractivity (Wildman–Crippen MR) is 82.9 cm³/mol. The standard InChI is InChI=1S/C18H27NO/c1-17(2)16(18(17,3)4)14(19)11-12-9-10-20-15-8-6-5-7-13(12)15/h5-8,12,14,16H,9-11,19H2,1-4H3. The number of hydrogen-bond donors (Lipinski definition) is 1. The van der Waals surface area contributed by atoms with Crippen LogP contribution in [0.3, 0.4) is 0 Å². The van der Waals surface area contributed by atoms with Gasteiger partial charge in [0, 0.05) is 6.04 Å². The molecule has 1 fully saturated rings. The molecule has 20 heavy (non-hydrogen) atoms. The average Bonchev–Trinajstić information content (AvgIpc) is 2.80. The molecule has 0 bridgehead atoms. The van der Waals surface area contributed by atoms with E-state index in [0.29, 0.717) is 22.7 Å². The van der Waals surface area contributed by atoms with Gasteiger partial charge in [0.05, 0.1) is 6.61 Å². The van der Waals surface area contributed by atoms with Crippen LogP contribution in [-0.2, 0) is 0 Å². The maximum Gasteiger partial charge on any atom is 0.122 e. The van der Waals surface area contributed by atoms with Crippen molar-refractivity contribution >= 4 is 0 Å². The van der Waals surface area contributed by atoms with Gasteiger partial charge < -0.3 is 10.5 Å². The molecule has 1 saturated carbocycles. The van der Waals surface area contributed by atoms with E-state index in [4.69, 9.17) is 10.5 Å². The Balaban J connectivity index is 1.74. The van der Waals surface area contributed by atoms with Crippen LogP contribution in [0.4, 0.5) is 0 Å². The lowest BCUT2D eigenvalue weighted by atomic mass is 9.85. The van der Waals surface area contributed by atoms with Crippen LogP contribution in [0.15, 0.2) is 24.3 Å². The highest BCUT2D eigenvalue weighted by Gasteiger charge is 2.66. The molecule has 2 unspecified atom stereocenters. The van der Waals surface area contributed by atoms with Gasteiger partial charge in [0.2, 0.25) is 0 Å². The minimum Gasteiger partial charge on any atom is -0.493 e. The minimum atomic E-state index is 0.288. The van der Waals surface area contributed by atoms with Gasteiger partial charge in [0.1, 0.15) is 5.75 Å². The Morgan fingerprint density at radius 3 is 2.50 bits per heavy atom. The SMILES string of the molecule is CC1(C)C(C(N)CC2CCOc3ccccc32)C1(C)C. The Labute approximate surface area is 122 Å². The van der Waals surface area contributed by atoms with E-state index >= 15 is 0 Å². The molecule has 1 aliphatic heterocycles. The van der Waals surface area contributed by atoms with Crippen molar-refractivity contribution in [2.75, 3.05) is 6.61 Å². The molecule has 2 nitrogen and oxygen atoms in total. The van der Waals surface area contributed by atoms with Gasteiger partial charge in [-0.05, 0) is 47.1 Å². The quantitative estimate of drug-likeness (QED) is 0.905. The Hall–Kier alpha value is -1.02. The number of fused-ring (bicyclic) bond motifs is 1. The first-order valence-electron chi connectivity index (χ1n) is 7.83. The van der Waals surface area contributed by atoms with E-state index in [1.54, 1.807) is 0 Å². The van der Waals surface area contributed by atoms with Gasteiger partial charge in [-0.15, -0.1) is 0 Å². The Morgan fingerprint density at radius 2 is 1.85 bits per heavy atom. The zero-order chi connectivity index (χ0) is 14.5. The highest BCUT2D eigenvalue weighted by molar-refractivity contribution is 5.38. The second kappa shape index (κ2) is 4.49. The monoisotopic (exact) mass is 273 g/mol. The van der Waals surface area contributed by atoms with Crippen LogP contribution in [0.25, 0.3) is 0 Å². The van der Waals surface area contributed by atoms with Crippen LogP contribution in [-0.4, -0.2) is 12.6 Å². The molecule has 1 heterocycles. The van der Waals surface area contributed by atoms with Gasteiger partial charge in [-0.3, -0.25) is 0 Å². The average molecular weight is 273 g/mol. The summed E-state index contributed by atoms with van der Waals surface area (Å²) in [7, 11) is 0. The summed E-state index contributed by atoms with van der Waals surface area (Å²) in [5, 5.41) is 0. The van der Waals surface area contributed by atoms with Crippen LogP contribution in [0.1, 0.15) is 52.0 Å². The molecule has 3 rings (SSSR count). The summed E-state index contributed by atoms with van der Waals surface area (Å²) in [5.41, 5.74) is 8.67. The third-order valence-electron chi connectivity index (χ3n) is 6.20. The molecule has 2 N–H and O–H groups in total. The molecular formula is C18H27NO. The lowest BCUT2D eigenvalue weighted by molar-refractivity contribution is 0.254. The maximum atomic E-state index is 6.58. The van der Waals surface area contributed by atoms with Crippen molar-refractivity contribution in [2.45, 2.75) is 52.5 Å². The fourth-order valence-corrected chi connectivity index (χ4v) is 4.44. The summed E-state index contributed by atoms with van der Waals surface area (Å²) in [4.78, 5) is 0. The molecule has 0 aromatic heterocycles. The van der Waals surface area contributed by atoms with Gasteiger partial charge in [0.25, 0.3) is 0 Å². The van der Waals surface area contributed by atoms with Gasteiger partial charge >= 0.3 is 0 Å². The molecule has 1 aliphatic carbocycles. The number of benzene rings is 1. The van der Waals surface area contributed by atoms with Crippen molar-refractivity contribution in [1.29, 1.82) is 0 Å². The van der Waals surface area contributed by atoms with E-state index < -0.39 is 0 Å². The van der Waals surface area contributed by atoms with E-state index in [0.717, 1.165) is 25.2 Å². The van der Waals surface area contributed by atoms with Gasteiger partial charge in [-0.25, -0.2) is 0 Å². The number of rotatable bonds is 3. The second-order valence-corrected chi connectivity index (χ2v) is 7.69. The molecule has 2 heteroatoms. The summed E-state index contributed by atoms with van der Waals surface area (Å²) >= 11 is 0. The van der Waals surface area contributed by atoms with E-state index in [-0.39, 0.29) is 6.04 Å². The van der Waals surface area contributed by atoms with Gasteiger partial charge in [0.15, 0.2) is 0 Å². The zero-order valence-electron chi connectivity index (χ0n) is 13.1. The molecule has 2 aliphatic rings. The molecule has 110 valence electrons. The van der Waals surface area contributed by atoms with Crippen molar-refractivity contribution in [3.8, 4) is 5.75 Å². The molecule has 1 aromatic rings. The van der Waals surface area contributed by atoms with E-state index in [1.165, 1.54) is 5.56 Å². The minimum absolute atomic E-state index is 0.288. The Kier molecular flexibility index (Phi) is 3.13. The summed E-state index contributed by atoms with van der Waals surface area (Å²) in [6, 6.07) is 8.73. The van der Waals surface area contributed by atoms with Gasteiger partial charge in [-0.1, -0.05) is 45.9 Å². The first kappa shape index (κ1) is 13.9. The first-order valence-corrected chi connectivity index (χ1v) is 7.83. The van der Waals surface area contributed by atoms with Crippen LogP contribution < -0.4 is 10.5 Å². The molecule has 0 radical (unpaired) electrons. The summed E-state index contributed by atoms with van der Waals surface area (Å²) < 4.78 is 5.75. The molecule has 2 atom stereocenters. The summed E-state index contributed by atoms with van der Waals surface area (Å²) in [6.07, 6.45) is 2.18. The van der Waals surface area contributed by atoms with Crippen LogP contribution in [0.2, 0.25) is 0 Å². The number of para-hydroxylation sites is 1. The van der Waals surface area contributed by atoms with Crippen molar-refractivity contribution in [1.82, 2.24) is 0 Å². The van der Waals surface area contributed by atoms with Crippen molar-refractivity contribution < 1.29 is 4.74 Å². The lowest BCUT2D eigenvalue weighted by Crippen LogP contribution is -2.29. The highest BCUT2D eigenvalue weighted by atomic mass is 16.5. The molecular weight excluding hydrogens is 246 g/mol.